The zero-order valence-corrected chi connectivity index (χ0v) is 12.0. The highest BCUT2D eigenvalue weighted by atomic mass is 32.2. The van der Waals surface area contributed by atoms with Crippen LogP contribution in [0.4, 0.5) is 5.69 Å². The Balaban J connectivity index is 2.11. The minimum absolute atomic E-state index is 0.0794. The summed E-state index contributed by atoms with van der Waals surface area (Å²) in [6, 6.07) is 7.65. The van der Waals surface area contributed by atoms with Crippen molar-refractivity contribution in [2.45, 2.75) is 19.4 Å². The molecule has 2 rings (SSSR count). The molecule has 4 N–H and O–H groups in total. The average molecular weight is 277 g/mol. The summed E-state index contributed by atoms with van der Waals surface area (Å²) in [6.07, 6.45) is 3.03. The van der Waals surface area contributed by atoms with E-state index in [1.807, 2.05) is 31.2 Å². The Morgan fingerprint density at radius 2 is 2.32 bits per heavy atom. The molecule has 1 atom stereocenters. The van der Waals surface area contributed by atoms with Gasteiger partial charge in [-0.15, -0.1) is 0 Å². The number of anilines is 1. The minimum Gasteiger partial charge on any atom is -0.397 e. The van der Waals surface area contributed by atoms with E-state index in [4.69, 9.17) is 5.73 Å². The molecule has 0 saturated heterocycles. The molecule has 19 heavy (non-hydrogen) atoms. The smallest absolute Gasteiger partial charge is 0.267 e. The van der Waals surface area contributed by atoms with Crippen molar-refractivity contribution in [1.29, 1.82) is 0 Å². The molecular formula is C14H19N3OS. The van der Waals surface area contributed by atoms with E-state index in [1.165, 1.54) is 0 Å². The molecule has 0 aliphatic rings. The number of nitrogen functional groups attached to an aromatic ring is 1. The van der Waals surface area contributed by atoms with Gasteiger partial charge in [0.2, 0.25) is 0 Å². The first kappa shape index (κ1) is 13.8. The van der Waals surface area contributed by atoms with Crippen molar-refractivity contribution in [2.24, 2.45) is 0 Å². The molecule has 0 spiro atoms. The number of amides is 1. The van der Waals surface area contributed by atoms with Gasteiger partial charge in [-0.1, -0.05) is 12.1 Å². The van der Waals surface area contributed by atoms with Crippen molar-refractivity contribution in [3.63, 3.8) is 0 Å². The van der Waals surface area contributed by atoms with E-state index in [9.17, 15) is 4.79 Å². The van der Waals surface area contributed by atoms with Crippen LogP contribution in [0.3, 0.4) is 0 Å². The maximum atomic E-state index is 12.1. The van der Waals surface area contributed by atoms with Gasteiger partial charge >= 0.3 is 0 Å². The predicted molar refractivity (Wildman–Crippen MR) is 82.6 cm³/mol. The van der Waals surface area contributed by atoms with Crippen molar-refractivity contribution < 1.29 is 4.79 Å². The second-order valence-electron chi connectivity index (χ2n) is 4.65. The number of carbonyl (C=O) groups is 1. The monoisotopic (exact) mass is 277 g/mol. The van der Waals surface area contributed by atoms with E-state index in [0.29, 0.717) is 11.4 Å². The van der Waals surface area contributed by atoms with Crippen LogP contribution in [0.25, 0.3) is 10.9 Å². The van der Waals surface area contributed by atoms with E-state index >= 15 is 0 Å². The summed E-state index contributed by atoms with van der Waals surface area (Å²) in [5, 5.41) is 3.95. The lowest BCUT2D eigenvalue weighted by molar-refractivity contribution is 0.0935. The first-order valence-electron chi connectivity index (χ1n) is 6.29. The van der Waals surface area contributed by atoms with Crippen LogP contribution in [-0.4, -0.2) is 28.9 Å². The number of nitrogens with two attached hydrogens (primary N) is 1. The summed E-state index contributed by atoms with van der Waals surface area (Å²) in [4.78, 5) is 15.2. The van der Waals surface area contributed by atoms with Gasteiger partial charge in [0.15, 0.2) is 0 Å². The summed E-state index contributed by atoms with van der Waals surface area (Å²) in [6.45, 7) is 2.02. The molecular weight excluding hydrogens is 258 g/mol. The van der Waals surface area contributed by atoms with Crippen molar-refractivity contribution in [3.8, 4) is 0 Å². The van der Waals surface area contributed by atoms with E-state index in [0.717, 1.165) is 23.1 Å². The van der Waals surface area contributed by atoms with Crippen molar-refractivity contribution >= 4 is 34.3 Å². The van der Waals surface area contributed by atoms with Crippen LogP contribution in [-0.2, 0) is 0 Å². The third-order valence-electron chi connectivity index (χ3n) is 3.07. The SMILES string of the molecule is CSCCC(C)NC(=O)c1cc2cccc(N)c2[nH]1. The average Bonchev–Trinajstić information content (AvgIpc) is 2.82. The maximum absolute atomic E-state index is 12.1. The topological polar surface area (TPSA) is 70.9 Å². The van der Waals surface area contributed by atoms with Crippen LogP contribution < -0.4 is 11.1 Å². The number of aromatic amines is 1. The van der Waals surface area contributed by atoms with Gasteiger partial charge < -0.3 is 16.0 Å². The Morgan fingerprint density at radius 1 is 1.53 bits per heavy atom. The van der Waals surface area contributed by atoms with Crippen molar-refractivity contribution in [3.05, 3.63) is 30.0 Å². The standard InChI is InChI=1S/C14H19N3OS/c1-9(6-7-19-2)16-14(18)12-8-10-4-3-5-11(15)13(10)17-12/h3-5,8-9,17H,6-7,15H2,1-2H3,(H,16,18). The number of nitrogens with one attached hydrogen (secondary N) is 2. The van der Waals surface area contributed by atoms with E-state index in [2.05, 4.69) is 16.6 Å². The van der Waals surface area contributed by atoms with Crippen LogP contribution >= 0.6 is 11.8 Å². The van der Waals surface area contributed by atoms with Crippen molar-refractivity contribution in [1.82, 2.24) is 10.3 Å². The molecule has 0 aliphatic heterocycles. The van der Waals surface area contributed by atoms with Crippen LogP contribution in [0.5, 0.6) is 0 Å². The Morgan fingerprint density at radius 3 is 3.00 bits per heavy atom. The molecule has 0 bridgehead atoms. The summed E-state index contributed by atoms with van der Waals surface area (Å²) in [5.41, 5.74) is 7.91. The van der Waals surface area contributed by atoms with Gasteiger partial charge in [-0.3, -0.25) is 4.79 Å². The molecule has 102 valence electrons. The highest BCUT2D eigenvalue weighted by Gasteiger charge is 2.12. The zero-order valence-electron chi connectivity index (χ0n) is 11.2. The number of fused-ring (bicyclic) bond motifs is 1. The highest BCUT2D eigenvalue weighted by Crippen LogP contribution is 2.21. The molecule has 0 fully saturated rings. The number of carbonyl (C=O) groups excluding carboxylic acids is 1. The van der Waals surface area contributed by atoms with Gasteiger partial charge in [-0.05, 0) is 37.5 Å². The fourth-order valence-electron chi connectivity index (χ4n) is 1.97. The number of hydrogen-bond donors (Lipinski definition) is 3. The summed E-state index contributed by atoms with van der Waals surface area (Å²) in [5.74, 6) is 0.963. The number of hydrogen-bond acceptors (Lipinski definition) is 3. The second kappa shape index (κ2) is 6.02. The molecule has 0 aliphatic carbocycles. The molecule has 0 radical (unpaired) electrons. The number of para-hydroxylation sites is 1. The number of benzene rings is 1. The van der Waals surface area contributed by atoms with Gasteiger partial charge in [-0.2, -0.15) is 11.8 Å². The van der Waals surface area contributed by atoms with Crippen LogP contribution in [0.2, 0.25) is 0 Å². The molecule has 0 saturated carbocycles. The molecule has 1 unspecified atom stereocenters. The van der Waals surface area contributed by atoms with Gasteiger partial charge in [0.05, 0.1) is 11.2 Å². The Bertz CT molecular complexity index is 579. The zero-order chi connectivity index (χ0) is 13.8. The van der Waals surface area contributed by atoms with E-state index in [1.54, 1.807) is 11.8 Å². The normalized spacial score (nSPS) is 12.5. The third-order valence-corrected chi connectivity index (χ3v) is 3.71. The summed E-state index contributed by atoms with van der Waals surface area (Å²) < 4.78 is 0. The van der Waals surface area contributed by atoms with Crippen LogP contribution in [0.1, 0.15) is 23.8 Å². The number of H-pyrrole nitrogens is 1. The summed E-state index contributed by atoms with van der Waals surface area (Å²) in [7, 11) is 0. The maximum Gasteiger partial charge on any atom is 0.267 e. The highest BCUT2D eigenvalue weighted by molar-refractivity contribution is 7.98. The van der Waals surface area contributed by atoms with Gasteiger partial charge in [-0.25, -0.2) is 0 Å². The Hall–Kier alpha value is -1.62. The van der Waals surface area contributed by atoms with E-state index < -0.39 is 0 Å². The molecule has 2 aromatic rings. The number of rotatable bonds is 5. The fraction of sp³-hybridized carbons (Fsp3) is 0.357. The largest absolute Gasteiger partial charge is 0.397 e. The fourth-order valence-corrected chi connectivity index (χ4v) is 2.56. The molecule has 4 nitrogen and oxygen atoms in total. The number of thioether (sulfide) groups is 1. The first-order valence-corrected chi connectivity index (χ1v) is 7.68. The minimum atomic E-state index is -0.0794. The first-order chi connectivity index (χ1) is 9.11. The quantitative estimate of drug-likeness (QED) is 0.736. The van der Waals surface area contributed by atoms with E-state index in [-0.39, 0.29) is 11.9 Å². The van der Waals surface area contributed by atoms with Gasteiger partial charge in [0.25, 0.3) is 5.91 Å². The Kier molecular flexibility index (Phi) is 4.37. The van der Waals surface area contributed by atoms with Crippen LogP contribution in [0, 0.1) is 0 Å². The second-order valence-corrected chi connectivity index (χ2v) is 5.64. The summed E-state index contributed by atoms with van der Waals surface area (Å²) >= 11 is 1.78. The molecule has 5 heteroatoms. The van der Waals surface area contributed by atoms with Crippen molar-refractivity contribution in [2.75, 3.05) is 17.7 Å². The predicted octanol–water partition coefficient (Wildman–Crippen LogP) is 2.62. The third kappa shape index (κ3) is 3.23. The molecule has 1 amide bonds. The van der Waals surface area contributed by atoms with Crippen LogP contribution in [0.15, 0.2) is 24.3 Å². The number of aromatic nitrogens is 1. The lowest BCUT2D eigenvalue weighted by atomic mass is 10.2. The lowest BCUT2D eigenvalue weighted by Crippen LogP contribution is -2.33. The Labute approximate surface area is 117 Å². The lowest BCUT2D eigenvalue weighted by Gasteiger charge is -2.12. The van der Waals surface area contributed by atoms with Gasteiger partial charge in [0.1, 0.15) is 5.69 Å². The molecule has 1 heterocycles. The van der Waals surface area contributed by atoms with Gasteiger partial charge in [0, 0.05) is 11.4 Å². The molecule has 1 aromatic heterocycles. The molecule has 1 aromatic carbocycles.